The molecule has 0 atom stereocenters. The van der Waals surface area contributed by atoms with Gasteiger partial charge in [-0.2, -0.15) is 0 Å². The van der Waals surface area contributed by atoms with Gasteiger partial charge in [0, 0.05) is 13.0 Å². The van der Waals surface area contributed by atoms with Crippen LogP contribution in [0.15, 0.2) is 0 Å². The molecular formula is C20H41NO. The van der Waals surface area contributed by atoms with E-state index >= 15 is 0 Å². The minimum Gasteiger partial charge on any atom is -0.356 e. The van der Waals surface area contributed by atoms with Gasteiger partial charge in [0.25, 0.3) is 0 Å². The molecule has 2 nitrogen and oxygen atoms in total. The summed E-state index contributed by atoms with van der Waals surface area (Å²) >= 11 is 0. The summed E-state index contributed by atoms with van der Waals surface area (Å²) in [4.78, 5) is 11.6. The predicted molar refractivity (Wildman–Crippen MR) is 98.2 cm³/mol. The summed E-state index contributed by atoms with van der Waals surface area (Å²) in [5.74, 6) is 0.253. The smallest absolute Gasteiger partial charge is 0.219 e. The number of carbonyl (C=O) groups is 1. The Balaban J connectivity index is 3.08. The van der Waals surface area contributed by atoms with Gasteiger partial charge in [0.2, 0.25) is 5.91 Å². The molecule has 0 saturated carbocycles. The number of unbranched alkanes of at least 4 members (excludes halogenated alkanes) is 13. The molecule has 1 amide bonds. The Bertz CT molecular complexity index is 228. The van der Waals surface area contributed by atoms with E-state index in [1.54, 1.807) is 0 Å². The second-order valence-corrected chi connectivity index (χ2v) is 6.70. The SMILES string of the molecule is CCCCCCCCCCCCCCC(=O)NCCCCC. The van der Waals surface area contributed by atoms with Crippen LogP contribution in [0.3, 0.4) is 0 Å². The molecule has 1 N–H and O–H groups in total. The van der Waals surface area contributed by atoms with Gasteiger partial charge in [-0.3, -0.25) is 4.79 Å². The van der Waals surface area contributed by atoms with E-state index in [0.29, 0.717) is 0 Å². The molecule has 0 aromatic heterocycles. The van der Waals surface area contributed by atoms with Gasteiger partial charge in [-0.05, 0) is 12.8 Å². The van der Waals surface area contributed by atoms with Crippen molar-refractivity contribution in [3.05, 3.63) is 0 Å². The Labute approximate surface area is 139 Å². The Morgan fingerprint density at radius 3 is 1.50 bits per heavy atom. The maximum atomic E-state index is 11.6. The molecule has 0 bridgehead atoms. The van der Waals surface area contributed by atoms with Crippen LogP contribution in [0.25, 0.3) is 0 Å². The first-order valence-corrected chi connectivity index (χ1v) is 10.1. The van der Waals surface area contributed by atoms with Gasteiger partial charge >= 0.3 is 0 Å². The highest BCUT2D eigenvalue weighted by Crippen LogP contribution is 2.12. The largest absolute Gasteiger partial charge is 0.356 e. The first kappa shape index (κ1) is 21.5. The van der Waals surface area contributed by atoms with Crippen molar-refractivity contribution in [2.24, 2.45) is 0 Å². The van der Waals surface area contributed by atoms with Gasteiger partial charge < -0.3 is 5.32 Å². The quantitative estimate of drug-likeness (QED) is 0.310. The molecule has 132 valence electrons. The Kier molecular flexibility index (Phi) is 18.1. The minimum atomic E-state index is 0.253. The van der Waals surface area contributed by atoms with Crippen LogP contribution in [0.5, 0.6) is 0 Å². The number of amides is 1. The third-order valence-electron chi connectivity index (χ3n) is 4.36. The van der Waals surface area contributed by atoms with Crippen molar-refractivity contribution in [2.45, 2.75) is 117 Å². The van der Waals surface area contributed by atoms with Crippen LogP contribution in [-0.2, 0) is 4.79 Å². The molecule has 0 aliphatic heterocycles. The Morgan fingerprint density at radius 1 is 0.591 bits per heavy atom. The van der Waals surface area contributed by atoms with Crippen molar-refractivity contribution in [1.82, 2.24) is 5.32 Å². The van der Waals surface area contributed by atoms with Crippen molar-refractivity contribution < 1.29 is 4.79 Å². The summed E-state index contributed by atoms with van der Waals surface area (Å²) in [5.41, 5.74) is 0. The molecule has 2 heteroatoms. The second kappa shape index (κ2) is 18.5. The molecule has 0 heterocycles. The van der Waals surface area contributed by atoms with Crippen LogP contribution in [0.1, 0.15) is 117 Å². The lowest BCUT2D eigenvalue weighted by atomic mass is 10.0. The van der Waals surface area contributed by atoms with E-state index < -0.39 is 0 Å². The average Bonchev–Trinajstić information content (AvgIpc) is 2.52. The maximum absolute atomic E-state index is 11.6. The van der Waals surface area contributed by atoms with Crippen molar-refractivity contribution in [2.75, 3.05) is 6.54 Å². The lowest BCUT2D eigenvalue weighted by Gasteiger charge is -2.05. The summed E-state index contributed by atoms with van der Waals surface area (Å²) in [5, 5.41) is 3.02. The van der Waals surface area contributed by atoms with Crippen LogP contribution >= 0.6 is 0 Å². The zero-order valence-corrected chi connectivity index (χ0v) is 15.4. The third-order valence-corrected chi connectivity index (χ3v) is 4.36. The molecule has 0 aliphatic rings. The van der Waals surface area contributed by atoms with Crippen molar-refractivity contribution in [3.63, 3.8) is 0 Å². The number of hydrogen-bond donors (Lipinski definition) is 1. The first-order chi connectivity index (χ1) is 10.8. The predicted octanol–water partition coefficient (Wildman–Crippen LogP) is 6.38. The lowest BCUT2D eigenvalue weighted by Crippen LogP contribution is -2.23. The van der Waals surface area contributed by atoms with Crippen molar-refractivity contribution in [3.8, 4) is 0 Å². The van der Waals surface area contributed by atoms with Gasteiger partial charge in [0.15, 0.2) is 0 Å². The fraction of sp³-hybridized carbons (Fsp3) is 0.950. The van der Waals surface area contributed by atoms with Crippen molar-refractivity contribution in [1.29, 1.82) is 0 Å². The highest BCUT2D eigenvalue weighted by atomic mass is 16.1. The Morgan fingerprint density at radius 2 is 1.00 bits per heavy atom. The average molecular weight is 312 g/mol. The molecular weight excluding hydrogens is 270 g/mol. The fourth-order valence-electron chi connectivity index (χ4n) is 2.82. The summed E-state index contributed by atoms with van der Waals surface area (Å²) < 4.78 is 0. The van der Waals surface area contributed by atoms with E-state index in [0.717, 1.165) is 25.8 Å². The van der Waals surface area contributed by atoms with Crippen molar-refractivity contribution >= 4 is 5.91 Å². The van der Waals surface area contributed by atoms with E-state index in [1.807, 2.05) is 0 Å². The summed E-state index contributed by atoms with van der Waals surface area (Å²) in [7, 11) is 0. The number of carbonyl (C=O) groups excluding carboxylic acids is 1. The molecule has 0 aromatic carbocycles. The van der Waals surface area contributed by atoms with Gasteiger partial charge in [0.05, 0.1) is 0 Å². The van der Waals surface area contributed by atoms with E-state index in [1.165, 1.54) is 83.5 Å². The fourth-order valence-corrected chi connectivity index (χ4v) is 2.82. The normalized spacial score (nSPS) is 10.8. The molecule has 0 aromatic rings. The van der Waals surface area contributed by atoms with Gasteiger partial charge in [-0.15, -0.1) is 0 Å². The van der Waals surface area contributed by atoms with Gasteiger partial charge in [-0.1, -0.05) is 97.3 Å². The molecule has 0 spiro atoms. The summed E-state index contributed by atoms with van der Waals surface area (Å²) in [6, 6.07) is 0. The van der Waals surface area contributed by atoms with E-state index in [2.05, 4.69) is 19.2 Å². The van der Waals surface area contributed by atoms with Crippen LogP contribution < -0.4 is 5.32 Å². The summed E-state index contributed by atoms with van der Waals surface area (Å²) in [6.45, 7) is 5.33. The minimum absolute atomic E-state index is 0.253. The highest BCUT2D eigenvalue weighted by Gasteiger charge is 2.00. The molecule has 0 saturated heterocycles. The van der Waals surface area contributed by atoms with E-state index in [4.69, 9.17) is 0 Å². The van der Waals surface area contributed by atoms with Crippen LogP contribution in [0.2, 0.25) is 0 Å². The molecule has 22 heavy (non-hydrogen) atoms. The van der Waals surface area contributed by atoms with Gasteiger partial charge in [0.1, 0.15) is 0 Å². The van der Waals surface area contributed by atoms with Crippen LogP contribution in [-0.4, -0.2) is 12.5 Å². The van der Waals surface area contributed by atoms with E-state index in [-0.39, 0.29) is 5.91 Å². The molecule has 0 fully saturated rings. The van der Waals surface area contributed by atoms with Crippen LogP contribution in [0.4, 0.5) is 0 Å². The summed E-state index contributed by atoms with van der Waals surface area (Å²) in [6.07, 6.45) is 20.5. The van der Waals surface area contributed by atoms with E-state index in [9.17, 15) is 4.79 Å². The second-order valence-electron chi connectivity index (χ2n) is 6.70. The maximum Gasteiger partial charge on any atom is 0.219 e. The zero-order valence-electron chi connectivity index (χ0n) is 15.4. The zero-order chi connectivity index (χ0) is 16.3. The lowest BCUT2D eigenvalue weighted by molar-refractivity contribution is -0.121. The molecule has 0 unspecified atom stereocenters. The first-order valence-electron chi connectivity index (χ1n) is 10.1. The molecule has 0 radical (unpaired) electrons. The molecule has 0 rings (SSSR count). The number of hydrogen-bond acceptors (Lipinski definition) is 1. The highest BCUT2D eigenvalue weighted by molar-refractivity contribution is 5.75. The standard InChI is InChI=1S/C20H41NO/c1-3-5-7-8-9-10-11-12-13-14-15-16-18-20(22)21-19-17-6-4-2/h3-19H2,1-2H3,(H,21,22). The van der Waals surface area contributed by atoms with Gasteiger partial charge in [-0.25, -0.2) is 0 Å². The van der Waals surface area contributed by atoms with Crippen LogP contribution in [0, 0.1) is 0 Å². The molecule has 0 aliphatic carbocycles. The number of rotatable bonds is 17. The monoisotopic (exact) mass is 311 g/mol. The number of nitrogens with one attached hydrogen (secondary N) is 1. The topological polar surface area (TPSA) is 29.1 Å². The Hall–Kier alpha value is -0.530. The third kappa shape index (κ3) is 17.5.